The second-order valence-corrected chi connectivity index (χ2v) is 28.3. The summed E-state index contributed by atoms with van der Waals surface area (Å²) in [5.74, 6) is 0.455. The molecule has 1 amide bonds. The Hall–Kier alpha value is -1.26. The summed E-state index contributed by atoms with van der Waals surface area (Å²) in [5.41, 5.74) is 5.35. The molecule has 0 saturated heterocycles. The molecule has 0 aromatic rings. The number of hydrogen-bond acceptors (Lipinski definition) is 4. The van der Waals surface area contributed by atoms with E-state index in [1.807, 2.05) is 0 Å². The van der Waals surface area contributed by atoms with Gasteiger partial charge in [0.2, 0.25) is 5.91 Å². The first-order chi connectivity index (χ1) is 22.5. The maximum atomic E-state index is 12.8. The fourth-order valence-electron chi connectivity index (χ4n) is 7.94. The monoisotopic (exact) mass is 714 g/mol. The quantitative estimate of drug-likeness (QED) is 0.108. The van der Waals surface area contributed by atoms with Gasteiger partial charge in [-0.25, -0.2) is 5.06 Å². The molecule has 0 bridgehead atoms. The summed E-state index contributed by atoms with van der Waals surface area (Å²) in [5, 5.41) is 1.98. The molecular formula is C42H75NO4Si2. The highest BCUT2D eigenvalue weighted by atomic mass is 28.4. The van der Waals surface area contributed by atoms with Crippen molar-refractivity contribution in [1.29, 1.82) is 0 Å². The van der Waals surface area contributed by atoms with Crippen LogP contribution in [0.25, 0.3) is 0 Å². The number of hydroxylamine groups is 2. The van der Waals surface area contributed by atoms with Crippen molar-refractivity contribution in [3.63, 3.8) is 0 Å². The Kier molecular flexibility index (Phi) is 13.9. The number of carbonyl (C=O) groups excluding carboxylic acids is 1. The summed E-state index contributed by atoms with van der Waals surface area (Å²) in [6.45, 7) is 38.7. The number of fused-ring (bicyclic) bond motifs is 1. The topological polar surface area (TPSA) is 48.0 Å². The number of amides is 1. The van der Waals surface area contributed by atoms with Gasteiger partial charge in [0.05, 0.1) is 18.2 Å². The highest BCUT2D eigenvalue weighted by molar-refractivity contribution is 6.74. The van der Waals surface area contributed by atoms with Gasteiger partial charge in [-0.05, 0) is 116 Å². The van der Waals surface area contributed by atoms with Gasteiger partial charge in [-0.2, -0.15) is 0 Å². The zero-order chi connectivity index (χ0) is 37.2. The maximum Gasteiger partial charge on any atom is 0.243 e. The number of hydrogen-bond donors (Lipinski definition) is 0. The number of allylic oxidation sites excluding steroid dienone is 4. The van der Waals surface area contributed by atoms with Crippen LogP contribution in [0.5, 0.6) is 0 Å². The average molecular weight is 714 g/mol. The van der Waals surface area contributed by atoms with E-state index in [1.54, 1.807) is 12.0 Å². The summed E-state index contributed by atoms with van der Waals surface area (Å²) < 4.78 is 14.2. The third-order valence-electron chi connectivity index (χ3n) is 12.9. The third kappa shape index (κ3) is 9.80. The second kappa shape index (κ2) is 16.2. The van der Waals surface area contributed by atoms with E-state index in [0.29, 0.717) is 5.92 Å². The standard InChI is InChI=1S/C42H75NO4Si2/c1-17-20-35(21-18-2)43(32(5)44)45-31(4)37-25-26-38-33(22-19-27-42(37,38)12)23-24-34-28-36(46-48(13,14)40(6,7)8)29-39(30(34)3)47-49(15,16)41(9,10)11/h23-25,31,35-36,38-39H,3,17-22,26-29H2,1-2,4-16H3/t31-,36+,38?,39-,42+/m0/s1. The zero-order valence-corrected chi connectivity index (χ0v) is 36.5. The first-order valence-corrected chi connectivity index (χ1v) is 25.4. The van der Waals surface area contributed by atoms with E-state index >= 15 is 0 Å². The van der Waals surface area contributed by atoms with Crippen molar-refractivity contribution in [1.82, 2.24) is 5.06 Å². The predicted molar refractivity (Wildman–Crippen MR) is 213 cm³/mol. The normalized spacial score (nSPS) is 27.9. The van der Waals surface area contributed by atoms with Gasteiger partial charge in [0.1, 0.15) is 6.10 Å². The summed E-state index contributed by atoms with van der Waals surface area (Å²) in [6, 6.07) is 0.131. The Balaban J connectivity index is 1.90. The van der Waals surface area contributed by atoms with Crippen molar-refractivity contribution < 1.29 is 18.5 Å². The van der Waals surface area contributed by atoms with E-state index in [0.717, 1.165) is 69.8 Å². The molecule has 2 fully saturated rings. The van der Waals surface area contributed by atoms with Gasteiger partial charge in [-0.1, -0.05) is 106 Å². The van der Waals surface area contributed by atoms with Crippen molar-refractivity contribution in [3.05, 3.63) is 47.1 Å². The van der Waals surface area contributed by atoms with E-state index in [1.165, 1.54) is 16.7 Å². The number of carbonyl (C=O) groups is 1. The fraction of sp³-hybridized carbons (Fsp3) is 0.786. The maximum absolute atomic E-state index is 12.8. The molecule has 0 aliphatic heterocycles. The van der Waals surface area contributed by atoms with Crippen LogP contribution in [0, 0.1) is 11.3 Å². The second-order valence-electron chi connectivity index (χ2n) is 18.8. The summed E-state index contributed by atoms with van der Waals surface area (Å²) in [7, 11) is -3.98. The molecule has 7 heteroatoms. The van der Waals surface area contributed by atoms with Gasteiger partial charge in [-0.15, -0.1) is 0 Å². The lowest BCUT2D eigenvalue weighted by Gasteiger charge is -2.45. The molecule has 280 valence electrons. The minimum atomic E-state index is -2.02. The summed E-state index contributed by atoms with van der Waals surface area (Å²) in [6.07, 6.45) is 17.5. The first kappa shape index (κ1) is 42.2. The van der Waals surface area contributed by atoms with Crippen LogP contribution < -0.4 is 0 Å². The number of nitrogens with zero attached hydrogens (tertiary/aromatic N) is 1. The van der Waals surface area contributed by atoms with Crippen LogP contribution in [-0.2, 0) is 18.5 Å². The Morgan fingerprint density at radius 2 is 1.59 bits per heavy atom. The van der Waals surface area contributed by atoms with Gasteiger partial charge in [-0.3, -0.25) is 9.63 Å². The lowest BCUT2D eigenvalue weighted by Crippen LogP contribution is -2.49. The minimum Gasteiger partial charge on any atom is -0.413 e. The Bertz CT molecular complexity index is 1260. The van der Waals surface area contributed by atoms with Crippen molar-refractivity contribution in [2.75, 3.05) is 0 Å². The smallest absolute Gasteiger partial charge is 0.243 e. The van der Waals surface area contributed by atoms with Gasteiger partial charge >= 0.3 is 0 Å². The van der Waals surface area contributed by atoms with E-state index in [2.05, 4.69) is 120 Å². The van der Waals surface area contributed by atoms with Crippen LogP contribution >= 0.6 is 0 Å². The summed E-state index contributed by atoms with van der Waals surface area (Å²) in [4.78, 5) is 19.4. The average Bonchev–Trinajstić information content (AvgIpc) is 3.32. The van der Waals surface area contributed by atoms with E-state index in [9.17, 15) is 4.79 Å². The minimum absolute atomic E-state index is 0.00860. The van der Waals surface area contributed by atoms with Crippen molar-refractivity contribution >= 4 is 22.5 Å². The molecule has 0 heterocycles. The molecule has 3 rings (SSSR count). The Labute approximate surface area is 304 Å². The van der Waals surface area contributed by atoms with Crippen molar-refractivity contribution in [3.8, 4) is 0 Å². The van der Waals surface area contributed by atoms with Crippen LogP contribution in [0.4, 0.5) is 0 Å². The molecule has 3 aliphatic rings. The van der Waals surface area contributed by atoms with Gasteiger partial charge in [0, 0.05) is 13.3 Å². The largest absolute Gasteiger partial charge is 0.413 e. The molecule has 5 atom stereocenters. The summed E-state index contributed by atoms with van der Waals surface area (Å²) >= 11 is 0. The molecule has 0 spiro atoms. The SMILES string of the molecule is C=C1C(=CC=C2CCC[C@]3(C)C([C@H](C)ON(C(C)=O)C(CCC)CCC)=CCC23)C[C@@H](O[Si](C)(C)C(C)(C)C)C[C@@H]1O[Si](C)(C)C(C)(C)C. The highest BCUT2D eigenvalue weighted by Crippen LogP contribution is 2.56. The van der Waals surface area contributed by atoms with Crippen LogP contribution in [0.15, 0.2) is 47.1 Å². The lowest BCUT2D eigenvalue weighted by molar-refractivity contribution is -0.214. The molecule has 0 N–H and O–H groups in total. The van der Waals surface area contributed by atoms with Crippen molar-refractivity contribution in [2.45, 2.75) is 201 Å². The van der Waals surface area contributed by atoms with Crippen LogP contribution in [0.3, 0.4) is 0 Å². The molecule has 1 unspecified atom stereocenters. The molecule has 3 aliphatic carbocycles. The molecule has 0 aromatic heterocycles. The van der Waals surface area contributed by atoms with E-state index in [4.69, 9.17) is 13.7 Å². The van der Waals surface area contributed by atoms with E-state index < -0.39 is 16.6 Å². The Morgan fingerprint density at radius 1 is 1.02 bits per heavy atom. The molecule has 49 heavy (non-hydrogen) atoms. The number of rotatable bonds is 13. The van der Waals surface area contributed by atoms with Crippen LogP contribution in [-0.4, -0.2) is 52.0 Å². The fourth-order valence-corrected chi connectivity index (χ4v) is 10.6. The molecule has 0 aromatic carbocycles. The highest BCUT2D eigenvalue weighted by Gasteiger charge is 2.48. The van der Waals surface area contributed by atoms with Crippen molar-refractivity contribution in [2.24, 2.45) is 11.3 Å². The predicted octanol–water partition coefficient (Wildman–Crippen LogP) is 12.2. The van der Waals surface area contributed by atoms with Crippen LogP contribution in [0.1, 0.15) is 140 Å². The molecule has 2 saturated carbocycles. The molecule has 5 nitrogen and oxygen atoms in total. The van der Waals surface area contributed by atoms with E-state index in [-0.39, 0.29) is 45.8 Å². The zero-order valence-electron chi connectivity index (χ0n) is 34.5. The van der Waals surface area contributed by atoms with Crippen LogP contribution in [0.2, 0.25) is 36.3 Å². The molecule has 0 radical (unpaired) electrons. The van der Waals surface area contributed by atoms with Gasteiger partial charge < -0.3 is 8.85 Å². The van der Waals surface area contributed by atoms with Gasteiger partial charge in [0.15, 0.2) is 16.6 Å². The Morgan fingerprint density at radius 3 is 2.12 bits per heavy atom. The van der Waals surface area contributed by atoms with Gasteiger partial charge in [0.25, 0.3) is 0 Å². The molecular weight excluding hydrogens is 639 g/mol. The third-order valence-corrected chi connectivity index (χ3v) is 22.0. The lowest BCUT2D eigenvalue weighted by atomic mass is 9.63. The first-order valence-electron chi connectivity index (χ1n) is 19.6.